The Bertz CT molecular complexity index is 627. The molecule has 2 aromatic carbocycles. The largest absolute Gasteiger partial charge is 0.353 e. The molecule has 0 radical (unpaired) electrons. The molecule has 0 aliphatic heterocycles. The van der Waals surface area contributed by atoms with Crippen molar-refractivity contribution in [2.24, 2.45) is 0 Å². The van der Waals surface area contributed by atoms with E-state index in [9.17, 15) is 13.6 Å². The minimum Gasteiger partial charge on any atom is -0.353 e. The summed E-state index contributed by atoms with van der Waals surface area (Å²) < 4.78 is 26.3. The fourth-order valence-corrected chi connectivity index (χ4v) is 1.83. The van der Waals surface area contributed by atoms with E-state index in [0.717, 1.165) is 12.5 Å². The molecule has 0 saturated heterocycles. The molecule has 0 spiro atoms. The molecule has 0 saturated carbocycles. The second-order valence-electron chi connectivity index (χ2n) is 4.62. The van der Waals surface area contributed by atoms with Crippen molar-refractivity contribution in [1.82, 2.24) is 0 Å². The number of benzene rings is 2. The topological polar surface area (TPSA) is 41.1 Å². The molecule has 3 nitrogen and oxygen atoms in total. The van der Waals surface area contributed by atoms with E-state index in [1.54, 1.807) is 24.3 Å². The van der Waals surface area contributed by atoms with Gasteiger partial charge in [0.25, 0.3) is 0 Å². The summed E-state index contributed by atoms with van der Waals surface area (Å²) in [6.45, 7) is 1.93. The Kier molecular flexibility index (Phi) is 4.87. The number of hydrogen-bond donors (Lipinski definition) is 2. The van der Waals surface area contributed by atoms with Crippen LogP contribution in [0.4, 0.5) is 25.8 Å². The molecule has 0 atom stereocenters. The summed E-state index contributed by atoms with van der Waals surface area (Å²) in [7, 11) is 0. The summed E-state index contributed by atoms with van der Waals surface area (Å²) in [6.07, 6.45) is 1.26. The van der Waals surface area contributed by atoms with Crippen molar-refractivity contribution in [3.05, 3.63) is 54.1 Å². The van der Waals surface area contributed by atoms with Gasteiger partial charge in [-0.15, -0.1) is 0 Å². The fraction of sp³-hybridized carbons (Fsp3) is 0.188. The third kappa shape index (κ3) is 4.27. The van der Waals surface area contributed by atoms with Crippen molar-refractivity contribution in [2.45, 2.75) is 19.8 Å². The summed E-state index contributed by atoms with van der Waals surface area (Å²) in [5.41, 5.74) is 1.52. The number of hydrogen-bond acceptors (Lipinski definition) is 2. The Balaban J connectivity index is 2.03. The normalized spacial score (nSPS) is 10.2. The minimum atomic E-state index is -0.657. The first kappa shape index (κ1) is 15.0. The van der Waals surface area contributed by atoms with Gasteiger partial charge >= 0.3 is 0 Å². The summed E-state index contributed by atoms with van der Waals surface area (Å²) in [4.78, 5) is 11.5. The van der Waals surface area contributed by atoms with E-state index in [0.29, 0.717) is 17.8 Å². The molecule has 2 N–H and O–H groups in total. The maximum Gasteiger partial charge on any atom is 0.224 e. The van der Waals surface area contributed by atoms with Gasteiger partial charge in [-0.05, 0) is 42.8 Å². The van der Waals surface area contributed by atoms with Crippen LogP contribution in [-0.2, 0) is 4.79 Å². The number of nitrogens with one attached hydrogen (secondary N) is 2. The van der Waals surface area contributed by atoms with E-state index in [2.05, 4.69) is 10.6 Å². The van der Waals surface area contributed by atoms with Crippen molar-refractivity contribution in [3.63, 3.8) is 0 Å². The van der Waals surface area contributed by atoms with Gasteiger partial charge in [0, 0.05) is 23.9 Å². The van der Waals surface area contributed by atoms with Gasteiger partial charge < -0.3 is 10.6 Å². The van der Waals surface area contributed by atoms with Crippen LogP contribution in [0.25, 0.3) is 0 Å². The van der Waals surface area contributed by atoms with E-state index in [1.807, 2.05) is 6.92 Å². The lowest BCUT2D eigenvalue weighted by Gasteiger charge is -2.09. The Morgan fingerprint density at radius 1 is 1.05 bits per heavy atom. The summed E-state index contributed by atoms with van der Waals surface area (Å²) in [6, 6.07) is 10.2. The van der Waals surface area contributed by atoms with Crippen LogP contribution in [0.2, 0.25) is 0 Å². The average molecular weight is 290 g/mol. The van der Waals surface area contributed by atoms with Gasteiger partial charge in [-0.1, -0.05) is 6.92 Å². The highest BCUT2D eigenvalue weighted by Crippen LogP contribution is 2.22. The monoisotopic (exact) mass is 290 g/mol. The zero-order chi connectivity index (χ0) is 15.2. The first-order chi connectivity index (χ1) is 10.1. The Labute approximate surface area is 122 Å². The van der Waals surface area contributed by atoms with Gasteiger partial charge in [0.2, 0.25) is 5.91 Å². The number of amides is 1. The van der Waals surface area contributed by atoms with Gasteiger partial charge in [0.1, 0.15) is 11.6 Å². The smallest absolute Gasteiger partial charge is 0.224 e. The number of carbonyl (C=O) groups is 1. The first-order valence-corrected chi connectivity index (χ1v) is 6.70. The maximum absolute atomic E-state index is 13.5. The van der Waals surface area contributed by atoms with Crippen LogP contribution in [0.1, 0.15) is 19.8 Å². The first-order valence-electron chi connectivity index (χ1n) is 6.70. The Morgan fingerprint density at radius 2 is 1.71 bits per heavy atom. The second kappa shape index (κ2) is 6.83. The molecule has 2 rings (SSSR count). The molecule has 110 valence electrons. The van der Waals surface area contributed by atoms with Gasteiger partial charge in [-0.2, -0.15) is 0 Å². The molecule has 0 heterocycles. The molecule has 5 heteroatoms. The molecule has 0 bridgehead atoms. The molecule has 0 aliphatic rings. The minimum absolute atomic E-state index is 0.0391. The number of anilines is 3. The molecule has 0 fully saturated rings. The van der Waals surface area contributed by atoms with Gasteiger partial charge in [0.15, 0.2) is 0 Å². The Morgan fingerprint density at radius 3 is 2.33 bits per heavy atom. The van der Waals surface area contributed by atoms with Crippen LogP contribution in [0.15, 0.2) is 42.5 Å². The highest BCUT2D eigenvalue weighted by molar-refractivity contribution is 5.90. The summed E-state index contributed by atoms with van der Waals surface area (Å²) >= 11 is 0. The summed E-state index contributed by atoms with van der Waals surface area (Å²) in [5, 5.41) is 5.61. The lowest BCUT2D eigenvalue weighted by atomic mass is 10.2. The third-order valence-corrected chi connectivity index (χ3v) is 2.86. The van der Waals surface area contributed by atoms with Crippen LogP contribution in [-0.4, -0.2) is 5.91 Å². The van der Waals surface area contributed by atoms with Crippen molar-refractivity contribution in [3.8, 4) is 0 Å². The van der Waals surface area contributed by atoms with Crippen LogP contribution < -0.4 is 10.6 Å². The number of halogens is 2. The van der Waals surface area contributed by atoms with Crippen molar-refractivity contribution >= 4 is 23.0 Å². The van der Waals surface area contributed by atoms with Gasteiger partial charge in [0.05, 0.1) is 5.69 Å². The molecule has 0 aliphatic carbocycles. The zero-order valence-electron chi connectivity index (χ0n) is 11.6. The van der Waals surface area contributed by atoms with Crippen molar-refractivity contribution < 1.29 is 13.6 Å². The second-order valence-corrected chi connectivity index (χ2v) is 4.62. The van der Waals surface area contributed by atoms with Crippen LogP contribution in [0, 0.1) is 11.6 Å². The molecular formula is C16H16F2N2O. The standard InChI is InChI=1S/C16H16F2N2O/c1-2-3-16(21)20-13-7-5-12(6-8-13)19-15-9-4-11(17)10-14(15)18/h4-10,19H,2-3H2,1H3,(H,20,21). The highest BCUT2D eigenvalue weighted by atomic mass is 19.1. The molecule has 21 heavy (non-hydrogen) atoms. The maximum atomic E-state index is 13.5. The molecule has 2 aromatic rings. The fourth-order valence-electron chi connectivity index (χ4n) is 1.83. The Hall–Kier alpha value is -2.43. The average Bonchev–Trinajstić information content (AvgIpc) is 2.44. The predicted octanol–water partition coefficient (Wildman–Crippen LogP) is 4.45. The predicted molar refractivity (Wildman–Crippen MR) is 79.6 cm³/mol. The van der Waals surface area contributed by atoms with Crippen LogP contribution in [0.5, 0.6) is 0 Å². The summed E-state index contributed by atoms with van der Waals surface area (Å²) in [5.74, 6) is -1.31. The van der Waals surface area contributed by atoms with E-state index in [4.69, 9.17) is 0 Å². The van der Waals surface area contributed by atoms with E-state index < -0.39 is 11.6 Å². The van der Waals surface area contributed by atoms with Crippen molar-refractivity contribution in [1.29, 1.82) is 0 Å². The molecule has 0 unspecified atom stereocenters. The number of rotatable bonds is 5. The lowest BCUT2D eigenvalue weighted by molar-refractivity contribution is -0.116. The third-order valence-electron chi connectivity index (χ3n) is 2.86. The molecule has 0 aromatic heterocycles. The lowest BCUT2D eigenvalue weighted by Crippen LogP contribution is -2.10. The van der Waals surface area contributed by atoms with Gasteiger partial charge in [-0.3, -0.25) is 4.79 Å². The number of carbonyl (C=O) groups excluding carboxylic acids is 1. The SMILES string of the molecule is CCCC(=O)Nc1ccc(Nc2ccc(F)cc2F)cc1. The van der Waals surface area contributed by atoms with Crippen molar-refractivity contribution in [2.75, 3.05) is 10.6 Å². The zero-order valence-corrected chi connectivity index (χ0v) is 11.6. The van der Waals surface area contributed by atoms with E-state index in [1.165, 1.54) is 12.1 Å². The van der Waals surface area contributed by atoms with Crippen LogP contribution in [0.3, 0.4) is 0 Å². The highest BCUT2D eigenvalue weighted by Gasteiger charge is 2.05. The molecular weight excluding hydrogens is 274 g/mol. The van der Waals surface area contributed by atoms with E-state index in [-0.39, 0.29) is 11.6 Å². The molecule has 1 amide bonds. The van der Waals surface area contributed by atoms with E-state index >= 15 is 0 Å². The van der Waals surface area contributed by atoms with Crippen LogP contribution >= 0.6 is 0 Å². The van der Waals surface area contributed by atoms with Gasteiger partial charge in [-0.25, -0.2) is 8.78 Å². The quantitative estimate of drug-likeness (QED) is 0.854.